The van der Waals surface area contributed by atoms with E-state index in [1.807, 2.05) is 0 Å². The van der Waals surface area contributed by atoms with Crippen molar-refractivity contribution in [1.29, 1.82) is 0 Å². The molecule has 1 atom stereocenters. The summed E-state index contributed by atoms with van der Waals surface area (Å²) in [7, 11) is 4.38. The van der Waals surface area contributed by atoms with Crippen LogP contribution in [0.15, 0.2) is 18.2 Å². The van der Waals surface area contributed by atoms with Crippen molar-refractivity contribution in [3.8, 4) is 0 Å². The van der Waals surface area contributed by atoms with Crippen molar-refractivity contribution in [1.82, 2.24) is 10.2 Å². The van der Waals surface area contributed by atoms with E-state index in [9.17, 15) is 0 Å². The standard InChI is InChI=1S/C15H23N3/c1-17-7-6-14(11-17)16-10-12-3-4-15-13(9-12)5-8-18(15)2/h3-4,9,14,16H,5-8,10-11H2,1-2H3. The van der Waals surface area contributed by atoms with Crippen molar-refractivity contribution in [2.24, 2.45) is 0 Å². The first-order chi connectivity index (χ1) is 8.72. The molecule has 2 heterocycles. The van der Waals surface area contributed by atoms with E-state index in [4.69, 9.17) is 0 Å². The minimum Gasteiger partial charge on any atom is -0.374 e. The van der Waals surface area contributed by atoms with Gasteiger partial charge >= 0.3 is 0 Å². The van der Waals surface area contributed by atoms with E-state index in [1.165, 1.54) is 49.3 Å². The number of likely N-dealkylation sites (tertiary alicyclic amines) is 1. The molecule has 3 rings (SSSR count). The van der Waals surface area contributed by atoms with Crippen LogP contribution >= 0.6 is 0 Å². The molecule has 2 aliphatic heterocycles. The maximum atomic E-state index is 3.68. The van der Waals surface area contributed by atoms with Crippen LogP contribution in [-0.4, -0.2) is 44.7 Å². The fraction of sp³-hybridized carbons (Fsp3) is 0.600. The monoisotopic (exact) mass is 245 g/mol. The van der Waals surface area contributed by atoms with Gasteiger partial charge in [-0.25, -0.2) is 0 Å². The number of hydrogen-bond acceptors (Lipinski definition) is 3. The van der Waals surface area contributed by atoms with Crippen LogP contribution in [0.25, 0.3) is 0 Å². The first-order valence-corrected chi connectivity index (χ1v) is 6.97. The van der Waals surface area contributed by atoms with Gasteiger partial charge in [-0.15, -0.1) is 0 Å². The fourth-order valence-electron chi connectivity index (χ4n) is 3.09. The molecule has 18 heavy (non-hydrogen) atoms. The van der Waals surface area contributed by atoms with Gasteiger partial charge < -0.3 is 15.1 Å². The summed E-state index contributed by atoms with van der Waals surface area (Å²) in [6, 6.07) is 7.60. The molecule has 1 N–H and O–H groups in total. The lowest BCUT2D eigenvalue weighted by atomic mass is 10.1. The minimum absolute atomic E-state index is 0.672. The summed E-state index contributed by atoms with van der Waals surface area (Å²) in [5.41, 5.74) is 4.36. The SMILES string of the molecule is CN1CCC(NCc2ccc3c(c2)CCN3C)C1. The second-order valence-corrected chi connectivity index (χ2v) is 5.76. The first kappa shape index (κ1) is 12.0. The van der Waals surface area contributed by atoms with Crippen molar-refractivity contribution < 1.29 is 0 Å². The number of fused-ring (bicyclic) bond motifs is 1. The number of hydrogen-bond donors (Lipinski definition) is 1. The van der Waals surface area contributed by atoms with Crippen LogP contribution in [0, 0.1) is 0 Å². The van der Waals surface area contributed by atoms with E-state index in [0.717, 1.165) is 6.54 Å². The molecule has 0 aromatic heterocycles. The molecular formula is C15H23N3. The maximum absolute atomic E-state index is 3.68. The normalized spacial score (nSPS) is 23.7. The van der Waals surface area contributed by atoms with Crippen LogP contribution < -0.4 is 10.2 Å². The third-order valence-electron chi connectivity index (χ3n) is 4.26. The molecular weight excluding hydrogens is 222 g/mol. The summed E-state index contributed by atoms with van der Waals surface area (Å²) in [5, 5.41) is 3.68. The highest BCUT2D eigenvalue weighted by molar-refractivity contribution is 5.58. The lowest BCUT2D eigenvalue weighted by molar-refractivity contribution is 0.397. The molecule has 1 saturated heterocycles. The summed E-state index contributed by atoms with van der Waals surface area (Å²) >= 11 is 0. The van der Waals surface area contributed by atoms with Crippen molar-refractivity contribution in [2.45, 2.75) is 25.4 Å². The lowest BCUT2D eigenvalue weighted by Crippen LogP contribution is -2.30. The Morgan fingerprint density at radius 2 is 2.17 bits per heavy atom. The largest absolute Gasteiger partial charge is 0.374 e. The van der Waals surface area contributed by atoms with Crippen molar-refractivity contribution in [3.63, 3.8) is 0 Å². The van der Waals surface area contributed by atoms with E-state index >= 15 is 0 Å². The first-order valence-electron chi connectivity index (χ1n) is 6.97. The second-order valence-electron chi connectivity index (χ2n) is 5.76. The highest BCUT2D eigenvalue weighted by Gasteiger charge is 2.19. The molecule has 0 amide bonds. The molecule has 1 unspecified atom stereocenters. The van der Waals surface area contributed by atoms with Crippen LogP contribution in [0.5, 0.6) is 0 Å². The van der Waals surface area contributed by atoms with Gasteiger partial charge in [-0.3, -0.25) is 0 Å². The summed E-state index contributed by atoms with van der Waals surface area (Å²) in [5.74, 6) is 0. The smallest absolute Gasteiger partial charge is 0.0397 e. The Balaban J connectivity index is 1.60. The van der Waals surface area contributed by atoms with Crippen molar-refractivity contribution >= 4 is 5.69 Å². The summed E-state index contributed by atoms with van der Waals surface area (Å²) < 4.78 is 0. The molecule has 98 valence electrons. The number of nitrogens with zero attached hydrogens (tertiary/aromatic N) is 2. The minimum atomic E-state index is 0.672. The van der Waals surface area contributed by atoms with E-state index in [0.29, 0.717) is 6.04 Å². The van der Waals surface area contributed by atoms with Gasteiger partial charge in [0.05, 0.1) is 0 Å². The summed E-state index contributed by atoms with van der Waals surface area (Å²) in [6.07, 6.45) is 2.48. The molecule has 0 aliphatic carbocycles. The number of nitrogens with one attached hydrogen (secondary N) is 1. The van der Waals surface area contributed by atoms with E-state index in [2.05, 4.69) is 47.4 Å². The van der Waals surface area contributed by atoms with Gasteiger partial charge in [0.2, 0.25) is 0 Å². The fourth-order valence-corrected chi connectivity index (χ4v) is 3.09. The maximum Gasteiger partial charge on any atom is 0.0397 e. The van der Waals surface area contributed by atoms with Gasteiger partial charge in [-0.1, -0.05) is 12.1 Å². The average molecular weight is 245 g/mol. The number of benzene rings is 1. The van der Waals surface area contributed by atoms with Gasteiger partial charge in [0, 0.05) is 38.4 Å². The molecule has 0 saturated carbocycles. The van der Waals surface area contributed by atoms with Gasteiger partial charge in [0.25, 0.3) is 0 Å². The Morgan fingerprint density at radius 1 is 1.28 bits per heavy atom. The van der Waals surface area contributed by atoms with Crippen LogP contribution in [0.3, 0.4) is 0 Å². The third-order valence-corrected chi connectivity index (χ3v) is 4.26. The summed E-state index contributed by atoms with van der Waals surface area (Å²) in [4.78, 5) is 4.74. The molecule has 0 bridgehead atoms. The Bertz CT molecular complexity index is 430. The molecule has 2 aliphatic rings. The molecule has 0 spiro atoms. The highest BCUT2D eigenvalue weighted by atomic mass is 15.2. The zero-order valence-electron chi connectivity index (χ0n) is 11.4. The van der Waals surface area contributed by atoms with Crippen LogP contribution in [-0.2, 0) is 13.0 Å². The quantitative estimate of drug-likeness (QED) is 0.870. The van der Waals surface area contributed by atoms with Crippen LogP contribution in [0.1, 0.15) is 17.5 Å². The van der Waals surface area contributed by atoms with E-state index < -0.39 is 0 Å². The third kappa shape index (κ3) is 2.38. The summed E-state index contributed by atoms with van der Waals surface area (Å²) in [6.45, 7) is 4.59. The zero-order valence-corrected chi connectivity index (χ0v) is 11.4. The number of rotatable bonds is 3. The van der Waals surface area contributed by atoms with Crippen LogP contribution in [0.4, 0.5) is 5.69 Å². The number of anilines is 1. The number of likely N-dealkylation sites (N-methyl/N-ethyl adjacent to an activating group) is 2. The van der Waals surface area contributed by atoms with E-state index in [1.54, 1.807) is 0 Å². The Morgan fingerprint density at radius 3 is 2.94 bits per heavy atom. The Hall–Kier alpha value is -1.06. The van der Waals surface area contributed by atoms with Gasteiger partial charge in [0.1, 0.15) is 0 Å². The Labute approximate surface area is 110 Å². The zero-order chi connectivity index (χ0) is 12.5. The molecule has 3 nitrogen and oxygen atoms in total. The Kier molecular flexibility index (Phi) is 3.27. The molecule has 1 aromatic carbocycles. The molecule has 3 heteroatoms. The van der Waals surface area contributed by atoms with E-state index in [-0.39, 0.29) is 0 Å². The van der Waals surface area contributed by atoms with Crippen molar-refractivity contribution in [2.75, 3.05) is 38.6 Å². The predicted octanol–water partition coefficient (Wildman–Crippen LogP) is 1.47. The van der Waals surface area contributed by atoms with Gasteiger partial charge in [-0.2, -0.15) is 0 Å². The highest BCUT2D eigenvalue weighted by Crippen LogP contribution is 2.27. The average Bonchev–Trinajstić information content (AvgIpc) is 2.94. The lowest BCUT2D eigenvalue weighted by Gasteiger charge is -2.15. The molecule has 0 radical (unpaired) electrons. The molecule has 1 aromatic rings. The van der Waals surface area contributed by atoms with Crippen LogP contribution in [0.2, 0.25) is 0 Å². The van der Waals surface area contributed by atoms with Crippen molar-refractivity contribution in [3.05, 3.63) is 29.3 Å². The predicted molar refractivity (Wildman–Crippen MR) is 76.2 cm³/mol. The molecule has 1 fully saturated rings. The van der Waals surface area contributed by atoms with Gasteiger partial charge in [0.15, 0.2) is 0 Å². The van der Waals surface area contributed by atoms with Gasteiger partial charge in [-0.05, 0) is 43.6 Å². The second kappa shape index (κ2) is 4.90. The topological polar surface area (TPSA) is 18.5 Å².